The van der Waals surface area contributed by atoms with Gasteiger partial charge in [-0.2, -0.15) is 5.26 Å². The van der Waals surface area contributed by atoms with E-state index >= 15 is 0 Å². The van der Waals surface area contributed by atoms with E-state index in [1.54, 1.807) is 12.1 Å². The molecule has 0 aliphatic rings. The van der Waals surface area contributed by atoms with Gasteiger partial charge in [-0.3, -0.25) is 0 Å². The Bertz CT molecular complexity index is 1180. The molecular formula is C21H14ClNO5S. The summed E-state index contributed by atoms with van der Waals surface area (Å²) in [6, 6.07) is 13.8. The van der Waals surface area contributed by atoms with Crippen LogP contribution >= 0.6 is 22.9 Å². The predicted molar refractivity (Wildman–Crippen MR) is 110 cm³/mol. The molecule has 1 heterocycles. The molecule has 29 heavy (non-hydrogen) atoms. The molecule has 8 heteroatoms. The Morgan fingerprint density at radius 1 is 1.14 bits per heavy atom. The summed E-state index contributed by atoms with van der Waals surface area (Å²) in [7, 11) is 2.61. The molecule has 0 bridgehead atoms. The number of methoxy groups -OCH3 is 2. The van der Waals surface area contributed by atoms with Crippen LogP contribution in [0.2, 0.25) is 5.02 Å². The van der Waals surface area contributed by atoms with Crippen LogP contribution in [-0.2, 0) is 9.53 Å². The van der Waals surface area contributed by atoms with Crippen molar-refractivity contribution < 1.29 is 23.8 Å². The Balaban J connectivity index is 1.90. The molecule has 0 amide bonds. The van der Waals surface area contributed by atoms with Crippen LogP contribution in [0.15, 0.2) is 48.0 Å². The van der Waals surface area contributed by atoms with E-state index in [2.05, 4.69) is 4.74 Å². The molecule has 6 nitrogen and oxygen atoms in total. The second kappa shape index (κ2) is 8.78. The number of fused-ring (bicyclic) bond motifs is 1. The van der Waals surface area contributed by atoms with Gasteiger partial charge in [-0.25, -0.2) is 9.59 Å². The molecule has 3 aromatic rings. The monoisotopic (exact) mass is 427 g/mol. The van der Waals surface area contributed by atoms with Crippen molar-refractivity contribution in [2.45, 2.75) is 0 Å². The van der Waals surface area contributed by atoms with Gasteiger partial charge in [0.05, 0.1) is 19.2 Å². The van der Waals surface area contributed by atoms with Gasteiger partial charge in [0.25, 0.3) is 0 Å². The SMILES string of the molecule is COC(=O)/C(C#N)=C/c1ccc(OC(=O)c2sc3ccccc3c2Cl)c(OC)c1. The van der Waals surface area contributed by atoms with E-state index in [-0.39, 0.29) is 21.9 Å². The minimum absolute atomic E-state index is 0.170. The van der Waals surface area contributed by atoms with E-state index in [0.717, 1.165) is 10.1 Å². The first-order valence-corrected chi connectivity index (χ1v) is 9.45. The lowest BCUT2D eigenvalue weighted by molar-refractivity contribution is -0.135. The van der Waals surface area contributed by atoms with Crippen LogP contribution in [0.5, 0.6) is 11.5 Å². The van der Waals surface area contributed by atoms with Gasteiger partial charge in [0.2, 0.25) is 0 Å². The molecule has 0 spiro atoms. The molecule has 0 radical (unpaired) electrons. The van der Waals surface area contributed by atoms with Gasteiger partial charge in [-0.1, -0.05) is 35.9 Å². The first-order chi connectivity index (χ1) is 14.0. The minimum atomic E-state index is -0.749. The zero-order chi connectivity index (χ0) is 21.0. The Labute approximate surface area is 175 Å². The third-order valence-electron chi connectivity index (χ3n) is 3.95. The number of nitrogens with zero attached hydrogens (tertiary/aromatic N) is 1. The number of carbonyl (C=O) groups is 2. The van der Waals surface area contributed by atoms with Crippen LogP contribution in [-0.4, -0.2) is 26.2 Å². The quantitative estimate of drug-likeness (QED) is 0.250. The fourth-order valence-corrected chi connectivity index (χ4v) is 3.95. The number of esters is 2. The number of rotatable bonds is 5. The van der Waals surface area contributed by atoms with Crippen molar-refractivity contribution in [2.75, 3.05) is 14.2 Å². The normalized spacial score (nSPS) is 11.0. The van der Waals surface area contributed by atoms with E-state index in [1.807, 2.05) is 24.3 Å². The molecule has 0 N–H and O–H groups in total. The van der Waals surface area contributed by atoms with Crippen molar-refractivity contribution in [2.24, 2.45) is 0 Å². The molecule has 2 aromatic carbocycles. The Kier molecular flexibility index (Phi) is 6.17. The van der Waals surface area contributed by atoms with E-state index in [1.165, 1.54) is 43.8 Å². The summed E-state index contributed by atoms with van der Waals surface area (Å²) in [6.45, 7) is 0. The smallest absolute Gasteiger partial charge is 0.355 e. The zero-order valence-electron chi connectivity index (χ0n) is 15.4. The lowest BCUT2D eigenvalue weighted by atomic mass is 10.1. The fraction of sp³-hybridized carbons (Fsp3) is 0.0952. The Morgan fingerprint density at radius 2 is 1.90 bits per heavy atom. The number of nitriles is 1. The lowest BCUT2D eigenvalue weighted by Gasteiger charge is -2.09. The van der Waals surface area contributed by atoms with Crippen molar-refractivity contribution in [3.63, 3.8) is 0 Å². The number of hydrogen-bond acceptors (Lipinski definition) is 7. The van der Waals surface area contributed by atoms with Crippen LogP contribution in [0.1, 0.15) is 15.2 Å². The van der Waals surface area contributed by atoms with Crippen LogP contribution in [0.25, 0.3) is 16.2 Å². The van der Waals surface area contributed by atoms with Gasteiger partial charge >= 0.3 is 11.9 Å². The highest BCUT2D eigenvalue weighted by atomic mass is 35.5. The molecule has 0 atom stereocenters. The zero-order valence-corrected chi connectivity index (χ0v) is 17.0. The number of ether oxygens (including phenoxy) is 3. The first-order valence-electron chi connectivity index (χ1n) is 8.25. The third-order valence-corrected chi connectivity index (χ3v) is 5.60. The summed E-state index contributed by atoms with van der Waals surface area (Å²) in [5.41, 5.74) is 0.333. The van der Waals surface area contributed by atoms with Gasteiger partial charge in [0.1, 0.15) is 16.5 Å². The number of thiophene rings is 1. The molecule has 0 aliphatic carbocycles. The van der Waals surface area contributed by atoms with E-state index in [9.17, 15) is 9.59 Å². The molecular weight excluding hydrogens is 414 g/mol. The van der Waals surface area contributed by atoms with Gasteiger partial charge in [0.15, 0.2) is 11.5 Å². The molecule has 0 aliphatic heterocycles. The summed E-state index contributed by atoms with van der Waals surface area (Å²) in [6.07, 6.45) is 1.35. The van der Waals surface area contributed by atoms with Crippen LogP contribution in [0.4, 0.5) is 0 Å². The molecule has 1 aromatic heterocycles. The average molecular weight is 428 g/mol. The maximum atomic E-state index is 12.6. The van der Waals surface area contributed by atoms with Crippen molar-refractivity contribution >= 4 is 51.0 Å². The molecule has 0 saturated carbocycles. The van der Waals surface area contributed by atoms with E-state index < -0.39 is 11.9 Å². The minimum Gasteiger partial charge on any atom is -0.493 e. The summed E-state index contributed by atoms with van der Waals surface area (Å²) in [5, 5.41) is 10.2. The van der Waals surface area contributed by atoms with E-state index in [4.69, 9.17) is 26.3 Å². The summed E-state index contributed by atoms with van der Waals surface area (Å²) in [5.74, 6) is -0.919. The number of carbonyl (C=O) groups excluding carboxylic acids is 2. The summed E-state index contributed by atoms with van der Waals surface area (Å²) < 4.78 is 16.2. The van der Waals surface area contributed by atoms with Crippen LogP contribution in [0.3, 0.4) is 0 Å². The summed E-state index contributed by atoms with van der Waals surface area (Å²) in [4.78, 5) is 24.5. The molecule has 146 valence electrons. The largest absolute Gasteiger partial charge is 0.493 e. The van der Waals surface area contributed by atoms with Gasteiger partial charge in [-0.05, 0) is 29.8 Å². The van der Waals surface area contributed by atoms with Crippen LogP contribution < -0.4 is 9.47 Å². The van der Waals surface area contributed by atoms with Gasteiger partial charge in [0, 0.05) is 10.1 Å². The number of benzene rings is 2. The number of hydrogen-bond donors (Lipinski definition) is 0. The highest BCUT2D eigenvalue weighted by Crippen LogP contribution is 2.37. The van der Waals surface area contributed by atoms with Gasteiger partial charge in [-0.15, -0.1) is 11.3 Å². The van der Waals surface area contributed by atoms with Crippen molar-refractivity contribution in [3.8, 4) is 17.6 Å². The highest BCUT2D eigenvalue weighted by molar-refractivity contribution is 7.21. The van der Waals surface area contributed by atoms with Gasteiger partial charge < -0.3 is 14.2 Å². The summed E-state index contributed by atoms with van der Waals surface area (Å²) >= 11 is 7.57. The maximum absolute atomic E-state index is 12.6. The molecule has 0 fully saturated rings. The van der Waals surface area contributed by atoms with E-state index in [0.29, 0.717) is 10.6 Å². The predicted octanol–water partition coefficient (Wildman–Crippen LogP) is 4.86. The topological polar surface area (TPSA) is 85.6 Å². The Hall–Kier alpha value is -3.34. The van der Waals surface area contributed by atoms with Crippen LogP contribution in [0, 0.1) is 11.3 Å². The van der Waals surface area contributed by atoms with Crippen molar-refractivity contribution in [3.05, 3.63) is 63.5 Å². The second-order valence-electron chi connectivity index (χ2n) is 5.70. The maximum Gasteiger partial charge on any atom is 0.355 e. The highest BCUT2D eigenvalue weighted by Gasteiger charge is 2.20. The Morgan fingerprint density at radius 3 is 2.55 bits per heavy atom. The second-order valence-corrected chi connectivity index (χ2v) is 7.13. The third kappa shape index (κ3) is 4.24. The molecule has 3 rings (SSSR count). The van der Waals surface area contributed by atoms with Crippen molar-refractivity contribution in [1.29, 1.82) is 5.26 Å². The molecule has 0 saturated heterocycles. The average Bonchev–Trinajstić information content (AvgIpc) is 3.09. The van der Waals surface area contributed by atoms with Crippen molar-refractivity contribution in [1.82, 2.24) is 0 Å². The lowest BCUT2D eigenvalue weighted by Crippen LogP contribution is -2.08. The standard InChI is InChI=1S/C21H14ClNO5S/c1-26-16-10-12(9-13(11-23)20(24)27-2)7-8-15(16)28-21(25)19-18(22)14-5-3-4-6-17(14)29-19/h3-10H,1-2H3/b13-9+. The fourth-order valence-electron chi connectivity index (χ4n) is 2.56. The first kappa shape index (κ1) is 20.4. The number of halogens is 1. The molecule has 0 unspecified atom stereocenters.